The van der Waals surface area contributed by atoms with Crippen molar-refractivity contribution in [2.45, 2.75) is 24.7 Å². The molecule has 150 valence electrons. The number of anilines is 2. The number of benzene rings is 2. The van der Waals surface area contributed by atoms with Gasteiger partial charge in [-0.25, -0.2) is 12.7 Å². The van der Waals surface area contributed by atoms with Crippen molar-refractivity contribution >= 4 is 38.9 Å². The molecule has 2 aromatic rings. The van der Waals surface area contributed by atoms with Crippen LogP contribution in [0, 0.1) is 6.92 Å². The number of rotatable bonds is 5. The van der Waals surface area contributed by atoms with Gasteiger partial charge in [0.2, 0.25) is 10.0 Å². The van der Waals surface area contributed by atoms with Crippen LogP contribution < -0.4 is 10.2 Å². The second-order valence-electron chi connectivity index (χ2n) is 7.08. The molecule has 1 heterocycles. The number of aryl methyl sites for hydroxylation is 1. The lowest BCUT2D eigenvalue weighted by Gasteiger charge is -2.22. The SMILES string of the molecule is Cc1ccc(NC(=O)c2cc(S(=O)(=O)N(C)C)ccc2N2CCCC2)cc1Cl. The number of hydrogen-bond donors (Lipinski definition) is 1. The Balaban J connectivity index is 2.01. The van der Waals surface area contributed by atoms with Gasteiger partial charge in [-0.1, -0.05) is 17.7 Å². The van der Waals surface area contributed by atoms with Gasteiger partial charge in [0.25, 0.3) is 5.91 Å². The van der Waals surface area contributed by atoms with Gasteiger partial charge in [-0.15, -0.1) is 0 Å². The highest BCUT2D eigenvalue weighted by molar-refractivity contribution is 7.89. The Bertz CT molecular complexity index is 1000. The van der Waals surface area contributed by atoms with Crippen LogP contribution in [-0.4, -0.2) is 45.8 Å². The fourth-order valence-corrected chi connectivity index (χ4v) is 4.28. The first-order valence-corrected chi connectivity index (χ1v) is 10.9. The Morgan fingerprint density at radius 1 is 1.11 bits per heavy atom. The van der Waals surface area contributed by atoms with Crippen molar-refractivity contribution in [3.05, 3.63) is 52.5 Å². The first-order valence-electron chi connectivity index (χ1n) is 9.09. The van der Waals surface area contributed by atoms with E-state index >= 15 is 0 Å². The Labute approximate surface area is 171 Å². The number of carbonyl (C=O) groups excluding carboxylic acids is 1. The van der Waals surface area contributed by atoms with Crippen LogP contribution in [0.5, 0.6) is 0 Å². The quantitative estimate of drug-likeness (QED) is 0.798. The number of sulfonamides is 1. The number of carbonyl (C=O) groups is 1. The van der Waals surface area contributed by atoms with Crippen molar-refractivity contribution in [2.75, 3.05) is 37.4 Å². The highest BCUT2D eigenvalue weighted by atomic mass is 35.5. The van der Waals surface area contributed by atoms with E-state index in [0.717, 1.165) is 41.5 Å². The molecule has 1 aliphatic heterocycles. The zero-order valence-electron chi connectivity index (χ0n) is 16.2. The molecule has 6 nitrogen and oxygen atoms in total. The number of nitrogens with one attached hydrogen (secondary N) is 1. The molecule has 1 aliphatic rings. The van der Waals surface area contributed by atoms with Crippen LogP contribution in [0.1, 0.15) is 28.8 Å². The Hall–Kier alpha value is -2.09. The molecule has 0 atom stereocenters. The molecular formula is C20H24ClN3O3S. The molecule has 1 fully saturated rings. The summed E-state index contributed by atoms with van der Waals surface area (Å²) in [6, 6.07) is 10.0. The van der Waals surface area contributed by atoms with Crippen LogP contribution >= 0.6 is 11.6 Å². The van der Waals surface area contributed by atoms with Gasteiger partial charge in [0.15, 0.2) is 0 Å². The summed E-state index contributed by atoms with van der Waals surface area (Å²) in [6.45, 7) is 3.57. The van der Waals surface area contributed by atoms with Crippen molar-refractivity contribution in [2.24, 2.45) is 0 Å². The van der Waals surface area contributed by atoms with E-state index in [1.807, 2.05) is 13.0 Å². The van der Waals surface area contributed by atoms with E-state index in [2.05, 4.69) is 10.2 Å². The highest BCUT2D eigenvalue weighted by Crippen LogP contribution is 2.29. The van der Waals surface area contributed by atoms with E-state index in [-0.39, 0.29) is 10.8 Å². The van der Waals surface area contributed by atoms with Gasteiger partial charge in [-0.05, 0) is 55.7 Å². The van der Waals surface area contributed by atoms with Crippen molar-refractivity contribution in [1.29, 1.82) is 0 Å². The molecule has 0 radical (unpaired) electrons. The van der Waals surface area contributed by atoms with E-state index in [1.165, 1.54) is 20.2 Å². The molecule has 28 heavy (non-hydrogen) atoms. The van der Waals surface area contributed by atoms with Crippen molar-refractivity contribution in [3.63, 3.8) is 0 Å². The van der Waals surface area contributed by atoms with E-state index in [0.29, 0.717) is 16.3 Å². The minimum absolute atomic E-state index is 0.0903. The van der Waals surface area contributed by atoms with Crippen LogP contribution in [0.3, 0.4) is 0 Å². The summed E-state index contributed by atoms with van der Waals surface area (Å²) in [4.78, 5) is 15.3. The van der Waals surface area contributed by atoms with Crippen LogP contribution in [0.15, 0.2) is 41.3 Å². The Morgan fingerprint density at radius 3 is 2.39 bits per heavy atom. The molecule has 2 aromatic carbocycles. The van der Waals surface area contributed by atoms with Crippen molar-refractivity contribution in [3.8, 4) is 0 Å². The molecule has 0 unspecified atom stereocenters. The number of nitrogens with zero attached hydrogens (tertiary/aromatic N) is 2. The molecule has 0 aromatic heterocycles. The lowest BCUT2D eigenvalue weighted by Crippen LogP contribution is -2.25. The second kappa shape index (κ2) is 8.11. The van der Waals surface area contributed by atoms with Gasteiger partial charge in [0, 0.05) is 43.6 Å². The van der Waals surface area contributed by atoms with Crippen LogP contribution in [0.25, 0.3) is 0 Å². The molecule has 8 heteroatoms. The summed E-state index contributed by atoms with van der Waals surface area (Å²) in [5, 5.41) is 3.40. The molecule has 1 N–H and O–H groups in total. The number of amides is 1. The van der Waals surface area contributed by atoms with E-state index < -0.39 is 10.0 Å². The third-order valence-corrected chi connectivity index (χ3v) is 7.09. The van der Waals surface area contributed by atoms with Crippen LogP contribution in [0.4, 0.5) is 11.4 Å². The maximum absolute atomic E-state index is 13.0. The number of halogens is 1. The molecule has 0 spiro atoms. The molecule has 1 saturated heterocycles. The molecule has 0 aliphatic carbocycles. The minimum Gasteiger partial charge on any atom is -0.371 e. The average molecular weight is 422 g/mol. The van der Waals surface area contributed by atoms with Gasteiger partial charge in [-0.3, -0.25) is 4.79 Å². The molecule has 3 rings (SSSR count). The zero-order chi connectivity index (χ0) is 20.5. The smallest absolute Gasteiger partial charge is 0.257 e. The normalized spacial score (nSPS) is 14.5. The lowest BCUT2D eigenvalue weighted by atomic mass is 10.1. The maximum atomic E-state index is 13.0. The minimum atomic E-state index is -3.64. The van der Waals surface area contributed by atoms with Crippen LogP contribution in [-0.2, 0) is 10.0 Å². The summed E-state index contributed by atoms with van der Waals surface area (Å²) < 4.78 is 26.2. The van der Waals surface area contributed by atoms with Gasteiger partial charge in [-0.2, -0.15) is 0 Å². The van der Waals surface area contributed by atoms with Crippen molar-refractivity contribution in [1.82, 2.24) is 4.31 Å². The summed E-state index contributed by atoms with van der Waals surface area (Å²) in [5.74, 6) is -0.363. The predicted octanol–water partition coefficient (Wildman–Crippen LogP) is 3.75. The molecule has 1 amide bonds. The third-order valence-electron chi connectivity index (χ3n) is 4.87. The fourth-order valence-electron chi connectivity index (χ4n) is 3.17. The average Bonchev–Trinajstić information content (AvgIpc) is 3.18. The summed E-state index contributed by atoms with van der Waals surface area (Å²) in [5.41, 5.74) is 2.55. The summed E-state index contributed by atoms with van der Waals surface area (Å²) in [7, 11) is -0.705. The third kappa shape index (κ3) is 4.16. The lowest BCUT2D eigenvalue weighted by molar-refractivity contribution is 0.102. The van der Waals surface area contributed by atoms with Gasteiger partial charge < -0.3 is 10.2 Å². The molecule has 0 saturated carbocycles. The Kier molecular flexibility index (Phi) is 5.98. The predicted molar refractivity (Wildman–Crippen MR) is 113 cm³/mol. The largest absolute Gasteiger partial charge is 0.371 e. The second-order valence-corrected chi connectivity index (χ2v) is 9.64. The van der Waals surface area contributed by atoms with Gasteiger partial charge >= 0.3 is 0 Å². The Morgan fingerprint density at radius 2 is 1.79 bits per heavy atom. The van der Waals surface area contributed by atoms with E-state index in [4.69, 9.17) is 11.6 Å². The first-order chi connectivity index (χ1) is 13.2. The highest BCUT2D eigenvalue weighted by Gasteiger charge is 2.24. The molecular weight excluding hydrogens is 398 g/mol. The van der Waals surface area contributed by atoms with Gasteiger partial charge in [0.1, 0.15) is 0 Å². The van der Waals surface area contributed by atoms with E-state index in [1.54, 1.807) is 24.3 Å². The number of hydrogen-bond acceptors (Lipinski definition) is 4. The summed E-state index contributed by atoms with van der Waals surface area (Å²) in [6.07, 6.45) is 2.10. The maximum Gasteiger partial charge on any atom is 0.257 e. The summed E-state index contributed by atoms with van der Waals surface area (Å²) >= 11 is 6.15. The fraction of sp³-hybridized carbons (Fsp3) is 0.350. The van der Waals surface area contributed by atoms with E-state index in [9.17, 15) is 13.2 Å². The first kappa shape index (κ1) is 20.6. The van der Waals surface area contributed by atoms with Crippen LogP contribution in [0.2, 0.25) is 5.02 Å². The zero-order valence-corrected chi connectivity index (χ0v) is 17.8. The van der Waals surface area contributed by atoms with Gasteiger partial charge in [0.05, 0.1) is 10.5 Å². The standard InChI is InChI=1S/C20H24ClN3O3S/c1-14-6-7-15(12-18(14)21)22-20(25)17-13-16(28(26,27)23(2)3)8-9-19(17)24-10-4-5-11-24/h6-9,12-13H,4-5,10-11H2,1-3H3,(H,22,25). The monoisotopic (exact) mass is 421 g/mol. The molecule has 0 bridgehead atoms. The van der Waals surface area contributed by atoms with Crippen molar-refractivity contribution < 1.29 is 13.2 Å². The topological polar surface area (TPSA) is 69.7 Å².